The normalized spacial score (nSPS) is 15.5. The standard InChI is InChI=1S/C22H25F3N2O/c1-16(17-8-10-19(11-9-17)22(23,24)25)14-21(28)26-15-18-6-2-3-7-20(18)27-12-4-5-13-27/h2-3,6-11,16H,4-5,12-15H2,1H3,(H,26,28). The lowest BCUT2D eigenvalue weighted by Gasteiger charge is -2.21. The number of carbonyl (C=O) groups is 1. The van der Waals surface area contributed by atoms with Crippen molar-refractivity contribution < 1.29 is 18.0 Å². The Hall–Kier alpha value is -2.50. The Labute approximate surface area is 163 Å². The number of para-hydroxylation sites is 1. The van der Waals surface area contributed by atoms with Crippen LogP contribution in [0, 0.1) is 0 Å². The minimum absolute atomic E-state index is 0.108. The molecule has 1 heterocycles. The summed E-state index contributed by atoms with van der Waals surface area (Å²) >= 11 is 0. The summed E-state index contributed by atoms with van der Waals surface area (Å²) in [5.74, 6) is -0.264. The van der Waals surface area contributed by atoms with Gasteiger partial charge in [-0.15, -0.1) is 0 Å². The molecule has 2 aromatic rings. The van der Waals surface area contributed by atoms with Crippen LogP contribution in [0.4, 0.5) is 18.9 Å². The van der Waals surface area contributed by atoms with Crippen molar-refractivity contribution in [3.63, 3.8) is 0 Å². The summed E-state index contributed by atoms with van der Waals surface area (Å²) in [6, 6.07) is 13.1. The molecule has 0 aliphatic carbocycles. The van der Waals surface area contributed by atoms with Crippen LogP contribution in [0.1, 0.15) is 48.8 Å². The van der Waals surface area contributed by atoms with Gasteiger partial charge in [0.2, 0.25) is 5.91 Å². The molecule has 0 bridgehead atoms. The first-order valence-corrected chi connectivity index (χ1v) is 9.61. The molecule has 3 rings (SSSR count). The van der Waals surface area contributed by atoms with E-state index >= 15 is 0 Å². The van der Waals surface area contributed by atoms with Crippen molar-refractivity contribution >= 4 is 11.6 Å². The van der Waals surface area contributed by atoms with Gasteiger partial charge in [0.1, 0.15) is 0 Å². The second kappa shape index (κ2) is 8.67. The molecule has 0 radical (unpaired) electrons. The molecule has 1 saturated heterocycles. The molecule has 0 aromatic heterocycles. The van der Waals surface area contributed by atoms with Crippen LogP contribution in [-0.2, 0) is 17.5 Å². The SMILES string of the molecule is CC(CC(=O)NCc1ccccc1N1CCCC1)c1ccc(C(F)(F)F)cc1. The lowest BCUT2D eigenvalue weighted by molar-refractivity contribution is -0.137. The third-order valence-corrected chi connectivity index (χ3v) is 5.21. The highest BCUT2D eigenvalue weighted by molar-refractivity contribution is 5.77. The van der Waals surface area contributed by atoms with Crippen molar-refractivity contribution in [1.29, 1.82) is 0 Å². The quantitative estimate of drug-likeness (QED) is 0.743. The predicted molar refractivity (Wildman–Crippen MR) is 104 cm³/mol. The molecule has 3 nitrogen and oxygen atoms in total. The van der Waals surface area contributed by atoms with E-state index in [-0.39, 0.29) is 18.2 Å². The topological polar surface area (TPSA) is 32.3 Å². The van der Waals surface area contributed by atoms with Gasteiger partial charge in [-0.3, -0.25) is 4.79 Å². The number of hydrogen-bond donors (Lipinski definition) is 1. The Bertz CT molecular complexity index is 796. The van der Waals surface area contributed by atoms with Gasteiger partial charge in [-0.2, -0.15) is 13.2 Å². The number of amides is 1. The van der Waals surface area contributed by atoms with Gasteiger partial charge >= 0.3 is 6.18 Å². The second-order valence-corrected chi connectivity index (χ2v) is 7.32. The number of hydrogen-bond acceptors (Lipinski definition) is 2. The summed E-state index contributed by atoms with van der Waals surface area (Å²) in [5, 5.41) is 2.95. The molecule has 28 heavy (non-hydrogen) atoms. The fourth-order valence-electron chi connectivity index (χ4n) is 3.59. The average Bonchev–Trinajstić information content (AvgIpc) is 3.20. The van der Waals surface area contributed by atoms with E-state index < -0.39 is 11.7 Å². The highest BCUT2D eigenvalue weighted by Gasteiger charge is 2.30. The zero-order valence-electron chi connectivity index (χ0n) is 15.9. The highest BCUT2D eigenvalue weighted by Crippen LogP contribution is 2.30. The van der Waals surface area contributed by atoms with Crippen molar-refractivity contribution in [2.24, 2.45) is 0 Å². The van der Waals surface area contributed by atoms with E-state index in [0.717, 1.165) is 42.0 Å². The fraction of sp³-hybridized carbons (Fsp3) is 0.409. The minimum Gasteiger partial charge on any atom is -0.371 e. The van der Waals surface area contributed by atoms with Crippen molar-refractivity contribution in [2.75, 3.05) is 18.0 Å². The number of alkyl halides is 3. The van der Waals surface area contributed by atoms with Gasteiger partial charge in [0.25, 0.3) is 0 Å². The maximum absolute atomic E-state index is 12.7. The molecular weight excluding hydrogens is 365 g/mol. The van der Waals surface area contributed by atoms with Crippen LogP contribution in [-0.4, -0.2) is 19.0 Å². The Morgan fingerprint density at radius 3 is 2.36 bits per heavy atom. The number of nitrogens with one attached hydrogen (secondary N) is 1. The molecular formula is C22H25F3N2O. The third-order valence-electron chi connectivity index (χ3n) is 5.21. The number of carbonyl (C=O) groups excluding carboxylic acids is 1. The van der Waals surface area contributed by atoms with Crippen molar-refractivity contribution in [1.82, 2.24) is 5.32 Å². The lowest BCUT2D eigenvalue weighted by atomic mass is 9.96. The van der Waals surface area contributed by atoms with Gasteiger partial charge in [0, 0.05) is 31.7 Å². The molecule has 0 saturated carbocycles. The molecule has 1 N–H and O–H groups in total. The van der Waals surface area contributed by atoms with Crippen LogP contribution in [0.25, 0.3) is 0 Å². The van der Waals surface area contributed by atoms with E-state index in [1.165, 1.54) is 25.0 Å². The van der Waals surface area contributed by atoms with Crippen LogP contribution < -0.4 is 10.2 Å². The smallest absolute Gasteiger partial charge is 0.371 e. The van der Waals surface area contributed by atoms with Crippen molar-refractivity contribution in [3.8, 4) is 0 Å². The van der Waals surface area contributed by atoms with Crippen LogP contribution >= 0.6 is 0 Å². The Morgan fingerprint density at radius 2 is 1.71 bits per heavy atom. The second-order valence-electron chi connectivity index (χ2n) is 7.32. The van der Waals surface area contributed by atoms with E-state index in [0.29, 0.717) is 6.54 Å². The van der Waals surface area contributed by atoms with Crippen molar-refractivity contribution in [3.05, 3.63) is 65.2 Å². The first-order chi connectivity index (χ1) is 13.3. The maximum Gasteiger partial charge on any atom is 0.416 e. The summed E-state index contributed by atoms with van der Waals surface area (Å²) in [4.78, 5) is 14.7. The van der Waals surface area contributed by atoms with Gasteiger partial charge in [0.15, 0.2) is 0 Å². The van der Waals surface area contributed by atoms with Gasteiger partial charge in [-0.1, -0.05) is 37.3 Å². The largest absolute Gasteiger partial charge is 0.416 e. The molecule has 1 amide bonds. The Kier molecular flexibility index (Phi) is 6.27. The number of halogens is 3. The summed E-state index contributed by atoms with van der Waals surface area (Å²) in [7, 11) is 0. The van der Waals surface area contributed by atoms with E-state index in [1.807, 2.05) is 25.1 Å². The zero-order valence-corrected chi connectivity index (χ0v) is 15.9. The van der Waals surface area contributed by atoms with E-state index in [1.54, 1.807) is 0 Å². The first kappa shape index (κ1) is 20.2. The fourth-order valence-corrected chi connectivity index (χ4v) is 3.59. The molecule has 2 aromatic carbocycles. The number of benzene rings is 2. The number of nitrogens with zero attached hydrogens (tertiary/aromatic N) is 1. The first-order valence-electron chi connectivity index (χ1n) is 9.61. The molecule has 1 aliphatic rings. The molecule has 1 aliphatic heterocycles. The van der Waals surface area contributed by atoms with Gasteiger partial charge in [-0.05, 0) is 48.1 Å². The molecule has 6 heteroatoms. The lowest BCUT2D eigenvalue weighted by Crippen LogP contribution is -2.26. The highest BCUT2D eigenvalue weighted by atomic mass is 19.4. The van der Waals surface area contributed by atoms with E-state index in [2.05, 4.69) is 16.3 Å². The van der Waals surface area contributed by atoms with E-state index in [9.17, 15) is 18.0 Å². The van der Waals surface area contributed by atoms with Crippen LogP contribution in [0.5, 0.6) is 0 Å². The number of rotatable bonds is 6. The summed E-state index contributed by atoms with van der Waals surface area (Å²) < 4.78 is 38.0. The molecule has 0 spiro atoms. The predicted octanol–water partition coefficient (Wildman–Crippen LogP) is 5.12. The minimum atomic E-state index is -4.35. The van der Waals surface area contributed by atoms with Crippen LogP contribution in [0.2, 0.25) is 0 Å². The Balaban J connectivity index is 1.56. The Morgan fingerprint density at radius 1 is 1.07 bits per heavy atom. The summed E-state index contributed by atoms with van der Waals surface area (Å²) in [5.41, 5.74) is 2.29. The molecule has 1 fully saturated rings. The average molecular weight is 390 g/mol. The van der Waals surface area contributed by atoms with Gasteiger partial charge in [0.05, 0.1) is 5.56 Å². The zero-order chi connectivity index (χ0) is 20.1. The van der Waals surface area contributed by atoms with Crippen molar-refractivity contribution in [2.45, 2.75) is 44.8 Å². The monoisotopic (exact) mass is 390 g/mol. The summed E-state index contributed by atoms with van der Waals surface area (Å²) in [6.07, 6.45) is -1.74. The van der Waals surface area contributed by atoms with Gasteiger partial charge < -0.3 is 10.2 Å². The van der Waals surface area contributed by atoms with Gasteiger partial charge in [-0.25, -0.2) is 0 Å². The molecule has 1 atom stereocenters. The van der Waals surface area contributed by atoms with Crippen LogP contribution in [0.15, 0.2) is 48.5 Å². The molecule has 150 valence electrons. The summed E-state index contributed by atoms with van der Waals surface area (Å²) in [6.45, 7) is 4.37. The maximum atomic E-state index is 12.7. The molecule has 1 unspecified atom stereocenters. The van der Waals surface area contributed by atoms with Crippen LogP contribution in [0.3, 0.4) is 0 Å². The van der Waals surface area contributed by atoms with E-state index in [4.69, 9.17) is 0 Å². The third kappa shape index (κ3) is 5.06. The number of anilines is 1.